The molecule has 0 radical (unpaired) electrons. The van der Waals surface area contributed by atoms with Crippen LogP contribution < -0.4 is 4.74 Å². The first kappa shape index (κ1) is 17.2. The molecule has 0 amide bonds. The lowest BCUT2D eigenvalue weighted by Gasteiger charge is -2.24. The summed E-state index contributed by atoms with van der Waals surface area (Å²) in [5, 5.41) is 2.57. The molecule has 0 saturated heterocycles. The van der Waals surface area contributed by atoms with Gasteiger partial charge in [0.15, 0.2) is 0 Å². The zero-order chi connectivity index (χ0) is 16.6. The summed E-state index contributed by atoms with van der Waals surface area (Å²) >= 11 is 0. The highest BCUT2D eigenvalue weighted by Gasteiger charge is 2.18. The monoisotopic (exact) mass is 328 g/mol. The first-order valence-corrected chi connectivity index (χ1v) is 9.11. The van der Waals surface area contributed by atoms with Crippen molar-refractivity contribution in [1.82, 2.24) is 0 Å². The highest BCUT2D eigenvalue weighted by atomic mass is 16.5. The molecule has 1 saturated carbocycles. The van der Waals surface area contributed by atoms with Gasteiger partial charge in [-0.05, 0) is 35.8 Å². The summed E-state index contributed by atoms with van der Waals surface area (Å²) in [6, 6.07) is 13.0. The Morgan fingerprint density at radius 1 is 0.833 bits per heavy atom. The van der Waals surface area contributed by atoms with Crippen LogP contribution in [0.2, 0.25) is 0 Å². The maximum absolute atomic E-state index is 5.98. The molecule has 130 valence electrons. The van der Waals surface area contributed by atoms with Gasteiger partial charge in [0.05, 0.1) is 19.8 Å². The van der Waals surface area contributed by atoms with Crippen molar-refractivity contribution in [2.24, 2.45) is 0 Å². The Morgan fingerprint density at radius 3 is 2.38 bits per heavy atom. The Kier molecular flexibility index (Phi) is 6.50. The molecule has 3 rings (SSSR count). The third-order valence-electron chi connectivity index (χ3n) is 4.88. The lowest BCUT2D eigenvalue weighted by molar-refractivity contribution is 0.0547. The number of fused-ring (bicyclic) bond motifs is 1. The van der Waals surface area contributed by atoms with Gasteiger partial charge in [-0.15, -0.1) is 0 Å². The van der Waals surface area contributed by atoms with E-state index in [9.17, 15) is 0 Å². The number of hydrogen-bond acceptors (Lipinski definition) is 3. The molecule has 3 heteroatoms. The van der Waals surface area contributed by atoms with Gasteiger partial charge in [-0.3, -0.25) is 0 Å². The van der Waals surface area contributed by atoms with Gasteiger partial charge in [0, 0.05) is 12.5 Å². The van der Waals surface area contributed by atoms with Crippen LogP contribution in [0.5, 0.6) is 5.75 Å². The van der Waals surface area contributed by atoms with E-state index in [0.717, 1.165) is 5.75 Å². The highest BCUT2D eigenvalue weighted by Crippen LogP contribution is 2.38. The molecule has 1 aliphatic rings. The average Bonchev–Trinajstić information content (AvgIpc) is 2.65. The van der Waals surface area contributed by atoms with E-state index in [4.69, 9.17) is 14.2 Å². The second kappa shape index (κ2) is 9.05. The number of benzene rings is 2. The van der Waals surface area contributed by atoms with E-state index in [1.165, 1.54) is 48.4 Å². The van der Waals surface area contributed by atoms with E-state index in [0.29, 0.717) is 32.3 Å². The van der Waals surface area contributed by atoms with E-state index in [1.54, 1.807) is 7.11 Å². The van der Waals surface area contributed by atoms with Crippen molar-refractivity contribution in [1.29, 1.82) is 0 Å². The van der Waals surface area contributed by atoms with Crippen LogP contribution in [0.25, 0.3) is 10.8 Å². The number of rotatable bonds is 8. The minimum absolute atomic E-state index is 0.566. The van der Waals surface area contributed by atoms with E-state index < -0.39 is 0 Å². The predicted octanol–water partition coefficient (Wildman–Crippen LogP) is 4.93. The molecule has 3 nitrogen and oxygen atoms in total. The van der Waals surface area contributed by atoms with Crippen molar-refractivity contribution >= 4 is 10.8 Å². The van der Waals surface area contributed by atoms with Crippen LogP contribution in [-0.2, 0) is 9.47 Å². The first-order valence-electron chi connectivity index (χ1n) is 9.11. The summed E-state index contributed by atoms with van der Waals surface area (Å²) in [5.41, 5.74) is 1.49. The van der Waals surface area contributed by atoms with E-state index in [-0.39, 0.29) is 0 Å². The van der Waals surface area contributed by atoms with Gasteiger partial charge in [-0.2, -0.15) is 0 Å². The van der Waals surface area contributed by atoms with Crippen LogP contribution in [0.3, 0.4) is 0 Å². The second-order valence-corrected chi connectivity index (χ2v) is 6.49. The molecule has 0 aromatic heterocycles. The van der Waals surface area contributed by atoms with Crippen molar-refractivity contribution in [2.75, 3.05) is 33.5 Å². The molecule has 0 unspecified atom stereocenters. The third kappa shape index (κ3) is 4.28. The normalized spacial score (nSPS) is 15.7. The molecular formula is C21H28O3. The summed E-state index contributed by atoms with van der Waals surface area (Å²) < 4.78 is 16.4. The molecule has 2 aromatic rings. The lowest BCUT2D eigenvalue weighted by Crippen LogP contribution is -2.10. The van der Waals surface area contributed by atoms with Gasteiger partial charge < -0.3 is 14.2 Å². The molecule has 0 aliphatic heterocycles. The van der Waals surface area contributed by atoms with Crippen LogP contribution >= 0.6 is 0 Å². The van der Waals surface area contributed by atoms with Gasteiger partial charge in [0.25, 0.3) is 0 Å². The molecule has 0 heterocycles. The summed E-state index contributed by atoms with van der Waals surface area (Å²) in [4.78, 5) is 0. The van der Waals surface area contributed by atoms with E-state index in [2.05, 4.69) is 36.4 Å². The maximum Gasteiger partial charge on any atom is 0.127 e. The molecule has 1 fully saturated rings. The average molecular weight is 328 g/mol. The molecule has 2 aromatic carbocycles. The molecule has 0 bridgehead atoms. The smallest absolute Gasteiger partial charge is 0.127 e. The van der Waals surface area contributed by atoms with E-state index >= 15 is 0 Å². The summed E-state index contributed by atoms with van der Waals surface area (Å²) in [6.07, 6.45) is 6.74. The quantitative estimate of drug-likeness (QED) is 0.643. The predicted molar refractivity (Wildman–Crippen MR) is 98.0 cm³/mol. The molecule has 0 spiro atoms. The Bertz CT molecular complexity index is 632. The van der Waals surface area contributed by atoms with Crippen LogP contribution in [0.15, 0.2) is 36.4 Å². The topological polar surface area (TPSA) is 27.7 Å². The maximum atomic E-state index is 5.98. The SMILES string of the molecule is COCCOCCOc1ccc(C2CCCCC2)c2ccccc12. The summed E-state index contributed by atoms with van der Waals surface area (Å²) in [6.45, 7) is 2.39. The Morgan fingerprint density at radius 2 is 1.58 bits per heavy atom. The fourth-order valence-corrected chi connectivity index (χ4v) is 3.65. The van der Waals surface area contributed by atoms with Crippen LogP contribution in [0.4, 0.5) is 0 Å². The largest absolute Gasteiger partial charge is 0.491 e. The number of methoxy groups -OCH3 is 1. The molecule has 1 aliphatic carbocycles. The van der Waals surface area contributed by atoms with Gasteiger partial charge in [-0.1, -0.05) is 49.6 Å². The molecule has 0 N–H and O–H groups in total. The standard InChI is InChI=1S/C21H28O3/c1-22-13-14-23-15-16-24-21-12-11-18(17-7-3-2-4-8-17)19-9-5-6-10-20(19)21/h5-6,9-12,17H,2-4,7-8,13-16H2,1H3. The lowest BCUT2D eigenvalue weighted by atomic mass is 9.82. The zero-order valence-electron chi connectivity index (χ0n) is 14.6. The highest BCUT2D eigenvalue weighted by molar-refractivity contribution is 5.91. The fraction of sp³-hybridized carbons (Fsp3) is 0.524. The summed E-state index contributed by atoms with van der Waals surface area (Å²) in [5.74, 6) is 1.66. The Hall–Kier alpha value is -1.58. The second-order valence-electron chi connectivity index (χ2n) is 6.49. The van der Waals surface area contributed by atoms with Gasteiger partial charge in [0.1, 0.15) is 12.4 Å². The zero-order valence-corrected chi connectivity index (χ0v) is 14.6. The van der Waals surface area contributed by atoms with Gasteiger partial charge >= 0.3 is 0 Å². The Labute approximate surface area is 144 Å². The van der Waals surface area contributed by atoms with Crippen LogP contribution in [0, 0.1) is 0 Å². The van der Waals surface area contributed by atoms with Crippen molar-refractivity contribution < 1.29 is 14.2 Å². The van der Waals surface area contributed by atoms with Crippen molar-refractivity contribution in [2.45, 2.75) is 38.0 Å². The fourth-order valence-electron chi connectivity index (χ4n) is 3.65. The van der Waals surface area contributed by atoms with Crippen molar-refractivity contribution in [3.8, 4) is 5.75 Å². The minimum Gasteiger partial charge on any atom is -0.491 e. The third-order valence-corrected chi connectivity index (χ3v) is 4.88. The van der Waals surface area contributed by atoms with E-state index in [1.807, 2.05) is 0 Å². The number of ether oxygens (including phenoxy) is 3. The number of hydrogen-bond donors (Lipinski definition) is 0. The summed E-state index contributed by atoms with van der Waals surface area (Å²) in [7, 11) is 1.68. The van der Waals surface area contributed by atoms with Gasteiger partial charge in [0.2, 0.25) is 0 Å². The Balaban J connectivity index is 1.71. The van der Waals surface area contributed by atoms with Crippen molar-refractivity contribution in [3.63, 3.8) is 0 Å². The minimum atomic E-state index is 0.566. The first-order chi connectivity index (χ1) is 11.9. The van der Waals surface area contributed by atoms with Crippen LogP contribution in [0.1, 0.15) is 43.6 Å². The van der Waals surface area contributed by atoms with Crippen molar-refractivity contribution in [3.05, 3.63) is 42.0 Å². The van der Waals surface area contributed by atoms with Crippen LogP contribution in [-0.4, -0.2) is 33.5 Å². The molecule has 0 atom stereocenters. The molecule has 24 heavy (non-hydrogen) atoms. The molecular weight excluding hydrogens is 300 g/mol. The van der Waals surface area contributed by atoms with Gasteiger partial charge in [-0.25, -0.2) is 0 Å².